The third kappa shape index (κ3) is 5.42. The molecule has 184 valence electrons. The van der Waals surface area contributed by atoms with Crippen molar-refractivity contribution in [3.63, 3.8) is 0 Å². The van der Waals surface area contributed by atoms with E-state index in [1.165, 1.54) is 10.6 Å². The fourth-order valence-corrected chi connectivity index (χ4v) is 8.34. The second-order valence-electron chi connectivity index (χ2n) is 9.02. The number of hydrogen-bond acceptors (Lipinski definition) is 6. The number of allylic oxidation sites excluding steroid dienone is 2. The lowest BCUT2D eigenvalue weighted by molar-refractivity contribution is 0.478. The number of nitrogens with one attached hydrogen (secondary N) is 2. The van der Waals surface area contributed by atoms with Crippen LogP contribution in [0.4, 0.5) is 5.69 Å². The predicted molar refractivity (Wildman–Crippen MR) is 140 cm³/mol. The van der Waals surface area contributed by atoms with Crippen LogP contribution < -0.4 is 9.62 Å². The van der Waals surface area contributed by atoms with Crippen LogP contribution in [0.25, 0.3) is 0 Å². The van der Waals surface area contributed by atoms with E-state index < -0.39 is 29.9 Å². The monoisotopic (exact) mass is 502 g/mol. The maximum Gasteiger partial charge on any atom is 0.259 e. The number of sulfonamides is 1. The van der Waals surface area contributed by atoms with Crippen molar-refractivity contribution in [2.75, 3.05) is 17.1 Å². The van der Waals surface area contributed by atoms with Gasteiger partial charge in [0.2, 0.25) is 0 Å². The molecule has 0 bridgehead atoms. The van der Waals surface area contributed by atoms with Crippen LogP contribution in [0.15, 0.2) is 73.1 Å². The van der Waals surface area contributed by atoms with E-state index in [-0.39, 0.29) is 19.0 Å². The zero-order valence-electron chi connectivity index (χ0n) is 20.1. The van der Waals surface area contributed by atoms with Crippen LogP contribution in [0, 0.1) is 10.7 Å². The van der Waals surface area contributed by atoms with E-state index in [1.54, 1.807) is 48.8 Å². The Hall–Kier alpha value is -2.49. The zero-order valence-corrected chi connectivity index (χ0v) is 21.8. The average Bonchev–Trinajstić information content (AvgIpc) is 2.81. The van der Waals surface area contributed by atoms with Crippen molar-refractivity contribution in [2.24, 2.45) is 5.92 Å². The Balaban J connectivity index is 2.18. The average molecular weight is 503 g/mol. The maximum atomic E-state index is 14.5. The maximum absolute atomic E-state index is 14.5. The summed E-state index contributed by atoms with van der Waals surface area (Å²) in [5.74, 6) is 0.0430. The van der Waals surface area contributed by atoms with Crippen LogP contribution in [0.2, 0.25) is 0 Å². The van der Waals surface area contributed by atoms with E-state index in [1.807, 2.05) is 45.0 Å². The molecule has 1 heterocycles. The van der Waals surface area contributed by atoms with Gasteiger partial charge in [-0.05, 0) is 53.8 Å². The van der Waals surface area contributed by atoms with Gasteiger partial charge in [-0.1, -0.05) is 51.1 Å². The number of pyridine rings is 1. The smallest absolute Gasteiger partial charge is 0.259 e. The van der Waals surface area contributed by atoms with Crippen molar-refractivity contribution in [1.29, 1.82) is 4.78 Å². The second-order valence-corrected chi connectivity index (χ2v) is 13.4. The number of anilines is 1. The standard InChI is InChI=1S/C25H34N4O3S2/c1-5-21-9-11-23(12-10-21)29(19-20(2)3)34(31,32)25(28-18-22-13-16-27-17-14-22)15-7-6-8-24(25)33(4,26)30/h6-17,20,24,26,28H,5,18-19H2,1-4H3. The first-order chi connectivity index (χ1) is 16.0. The first-order valence-corrected chi connectivity index (χ1v) is 14.8. The predicted octanol–water partition coefficient (Wildman–Crippen LogP) is 4.09. The van der Waals surface area contributed by atoms with Crippen molar-refractivity contribution in [2.45, 2.75) is 43.9 Å². The molecule has 1 aromatic carbocycles. The Morgan fingerprint density at radius 3 is 2.26 bits per heavy atom. The lowest BCUT2D eigenvalue weighted by Gasteiger charge is -2.43. The van der Waals surface area contributed by atoms with Crippen LogP contribution in [-0.2, 0) is 32.7 Å². The van der Waals surface area contributed by atoms with Crippen LogP contribution in [0.1, 0.15) is 31.9 Å². The van der Waals surface area contributed by atoms with Gasteiger partial charge in [-0.2, -0.15) is 0 Å². The molecule has 9 heteroatoms. The molecule has 7 nitrogen and oxygen atoms in total. The summed E-state index contributed by atoms with van der Waals surface area (Å²) >= 11 is 0. The Morgan fingerprint density at radius 2 is 1.71 bits per heavy atom. The molecule has 0 saturated carbocycles. The van der Waals surface area contributed by atoms with Gasteiger partial charge in [0.15, 0.2) is 4.87 Å². The largest absolute Gasteiger partial charge is 0.288 e. The molecular weight excluding hydrogens is 468 g/mol. The minimum absolute atomic E-state index is 0.0430. The molecule has 0 saturated heterocycles. The molecule has 1 aliphatic carbocycles. The highest BCUT2D eigenvalue weighted by molar-refractivity contribution is 7.97. The van der Waals surface area contributed by atoms with Crippen LogP contribution in [0.5, 0.6) is 0 Å². The number of aryl methyl sites for hydroxylation is 1. The molecule has 0 fully saturated rings. The van der Waals surface area contributed by atoms with Crippen LogP contribution in [0.3, 0.4) is 0 Å². The molecule has 0 radical (unpaired) electrons. The van der Waals surface area contributed by atoms with Crippen molar-refractivity contribution < 1.29 is 12.6 Å². The van der Waals surface area contributed by atoms with Crippen LogP contribution >= 0.6 is 0 Å². The first kappa shape index (κ1) is 26.1. The van der Waals surface area contributed by atoms with E-state index in [2.05, 4.69) is 10.3 Å². The molecule has 1 aromatic heterocycles. The van der Waals surface area contributed by atoms with Crippen molar-refractivity contribution in [3.8, 4) is 0 Å². The van der Waals surface area contributed by atoms with Gasteiger partial charge in [-0.25, -0.2) is 12.6 Å². The zero-order chi connectivity index (χ0) is 25.0. The molecule has 3 atom stereocenters. The Labute approximate surface area is 204 Å². The fraction of sp³-hybridized carbons (Fsp3) is 0.400. The van der Waals surface area contributed by atoms with Gasteiger partial charge in [0.25, 0.3) is 10.0 Å². The van der Waals surface area contributed by atoms with Gasteiger partial charge in [-0.15, -0.1) is 0 Å². The molecule has 34 heavy (non-hydrogen) atoms. The molecule has 2 N–H and O–H groups in total. The summed E-state index contributed by atoms with van der Waals surface area (Å²) in [6.45, 7) is 6.42. The number of hydrogen-bond donors (Lipinski definition) is 2. The van der Waals surface area contributed by atoms with Gasteiger partial charge in [-0.3, -0.25) is 19.4 Å². The first-order valence-electron chi connectivity index (χ1n) is 11.3. The van der Waals surface area contributed by atoms with E-state index in [0.717, 1.165) is 17.5 Å². The third-order valence-electron chi connectivity index (χ3n) is 5.85. The summed E-state index contributed by atoms with van der Waals surface area (Å²) in [5.41, 5.74) is 2.49. The van der Waals surface area contributed by atoms with Gasteiger partial charge in [0.05, 0.1) is 20.7 Å². The highest BCUT2D eigenvalue weighted by Gasteiger charge is 2.54. The second kappa shape index (κ2) is 10.4. The molecule has 0 amide bonds. The van der Waals surface area contributed by atoms with E-state index in [9.17, 15) is 12.6 Å². The van der Waals surface area contributed by atoms with E-state index >= 15 is 0 Å². The summed E-state index contributed by atoms with van der Waals surface area (Å²) in [7, 11) is -7.48. The summed E-state index contributed by atoms with van der Waals surface area (Å²) < 4.78 is 52.0. The minimum atomic E-state index is -4.19. The molecule has 2 aromatic rings. The molecular formula is C25H34N4O3S2. The summed E-state index contributed by atoms with van der Waals surface area (Å²) in [6.07, 6.45) is 11.8. The van der Waals surface area contributed by atoms with Crippen LogP contribution in [-0.4, -0.2) is 40.5 Å². The molecule has 0 aliphatic heterocycles. The topological polar surface area (TPSA) is 103 Å². The quantitative estimate of drug-likeness (QED) is 0.509. The molecule has 0 spiro atoms. The summed E-state index contributed by atoms with van der Waals surface area (Å²) in [5, 5.41) is 2.12. The van der Waals surface area contributed by atoms with E-state index in [0.29, 0.717) is 5.69 Å². The summed E-state index contributed by atoms with van der Waals surface area (Å²) in [4.78, 5) is 2.25. The van der Waals surface area contributed by atoms with Gasteiger partial charge in [0.1, 0.15) is 0 Å². The SMILES string of the molecule is CCc1ccc(N(CC(C)C)S(=O)(=O)C2(NCc3ccncc3)C=CC=CC2S(C)(=N)=O)cc1. The van der Waals surface area contributed by atoms with E-state index in [4.69, 9.17) is 4.78 Å². The summed E-state index contributed by atoms with van der Waals surface area (Å²) in [6, 6.07) is 11.1. The van der Waals surface area contributed by atoms with Gasteiger partial charge in [0, 0.05) is 31.7 Å². The Morgan fingerprint density at radius 1 is 1.06 bits per heavy atom. The highest BCUT2D eigenvalue weighted by Crippen LogP contribution is 2.36. The normalized spacial score (nSPS) is 22.0. The van der Waals surface area contributed by atoms with Crippen molar-refractivity contribution in [3.05, 3.63) is 84.2 Å². The van der Waals surface area contributed by atoms with Gasteiger partial charge >= 0.3 is 0 Å². The molecule has 3 rings (SSSR count). The van der Waals surface area contributed by atoms with Gasteiger partial charge < -0.3 is 0 Å². The third-order valence-corrected chi connectivity index (χ3v) is 9.82. The number of benzene rings is 1. The minimum Gasteiger partial charge on any atom is -0.288 e. The van der Waals surface area contributed by atoms with Crippen molar-refractivity contribution in [1.82, 2.24) is 10.3 Å². The molecule has 1 aliphatic rings. The number of rotatable bonds is 10. The van der Waals surface area contributed by atoms with Crippen molar-refractivity contribution >= 4 is 25.4 Å². The highest BCUT2D eigenvalue weighted by atomic mass is 32.2. The number of nitrogens with zero attached hydrogens (tertiary/aromatic N) is 2. The Bertz CT molecular complexity index is 1240. The lowest BCUT2D eigenvalue weighted by Crippen LogP contribution is -2.64. The number of aromatic nitrogens is 1. The lowest BCUT2D eigenvalue weighted by atomic mass is 10.1. The molecule has 3 unspecified atom stereocenters. The Kier molecular flexibility index (Phi) is 8.00. The fourth-order valence-electron chi connectivity index (χ4n) is 4.06.